The molecule has 0 bridgehead atoms. The number of carbonyl (C=O) groups is 4. The van der Waals surface area contributed by atoms with E-state index >= 15 is 0 Å². The normalized spacial score (nSPS) is 25.5. The number of hydrogen-bond donors (Lipinski definition) is 0. The molecule has 162 valence electrons. The van der Waals surface area contributed by atoms with Crippen molar-refractivity contribution in [1.82, 2.24) is 0 Å². The second-order valence-corrected chi connectivity index (χ2v) is 8.53. The number of esters is 1. The van der Waals surface area contributed by atoms with Gasteiger partial charge in [0.1, 0.15) is 11.8 Å². The van der Waals surface area contributed by atoms with Crippen LogP contribution in [-0.4, -0.2) is 35.7 Å². The fraction of sp³-hybridized carbons (Fsp3) is 0.280. The summed E-state index contributed by atoms with van der Waals surface area (Å²) in [4.78, 5) is 54.0. The summed E-state index contributed by atoms with van der Waals surface area (Å²) in [5, 5.41) is 0. The number of ketones is 1. The summed E-state index contributed by atoms with van der Waals surface area (Å²) >= 11 is 0. The topological polar surface area (TPSA) is 84.0 Å². The lowest BCUT2D eigenvalue weighted by Crippen LogP contribution is -2.48. The minimum absolute atomic E-state index is 0.141. The number of carbonyl (C=O) groups excluding carboxylic acids is 4. The number of nitrogens with zero attached hydrogens (tertiary/aromatic N) is 2. The van der Waals surface area contributed by atoms with E-state index in [0.717, 1.165) is 16.8 Å². The fourth-order valence-electron chi connectivity index (χ4n) is 5.24. The van der Waals surface area contributed by atoms with Crippen LogP contribution in [0.15, 0.2) is 48.5 Å². The van der Waals surface area contributed by atoms with Gasteiger partial charge in [0, 0.05) is 12.6 Å². The van der Waals surface area contributed by atoms with Crippen LogP contribution in [0.5, 0.6) is 5.75 Å². The van der Waals surface area contributed by atoms with Crippen LogP contribution in [0.1, 0.15) is 25.0 Å². The lowest BCUT2D eigenvalue weighted by atomic mass is 9.88. The van der Waals surface area contributed by atoms with Gasteiger partial charge in [0.25, 0.3) is 0 Å². The molecule has 0 aliphatic carbocycles. The third-order valence-corrected chi connectivity index (χ3v) is 6.43. The van der Waals surface area contributed by atoms with E-state index in [1.54, 1.807) is 24.3 Å². The maximum atomic E-state index is 13.5. The molecule has 4 atom stereocenters. The van der Waals surface area contributed by atoms with Crippen LogP contribution in [0.25, 0.3) is 6.08 Å². The molecule has 0 aromatic heterocycles. The van der Waals surface area contributed by atoms with Crippen LogP contribution in [0.3, 0.4) is 0 Å². The molecule has 2 saturated heterocycles. The monoisotopic (exact) mass is 430 g/mol. The van der Waals surface area contributed by atoms with E-state index in [9.17, 15) is 19.2 Å². The Hall–Kier alpha value is -3.74. The van der Waals surface area contributed by atoms with Crippen molar-refractivity contribution in [3.05, 3.63) is 59.7 Å². The van der Waals surface area contributed by atoms with Crippen molar-refractivity contribution < 1.29 is 23.9 Å². The highest BCUT2D eigenvalue weighted by Crippen LogP contribution is 2.49. The molecular formula is C25H22N2O5. The van der Waals surface area contributed by atoms with Gasteiger partial charge in [-0.05, 0) is 55.8 Å². The van der Waals surface area contributed by atoms with Crippen molar-refractivity contribution in [3.63, 3.8) is 0 Å². The Balaban J connectivity index is 1.54. The Morgan fingerprint density at radius 3 is 2.28 bits per heavy atom. The van der Waals surface area contributed by atoms with Gasteiger partial charge in [-0.3, -0.25) is 19.2 Å². The van der Waals surface area contributed by atoms with Crippen molar-refractivity contribution in [3.8, 4) is 5.75 Å². The summed E-state index contributed by atoms with van der Waals surface area (Å²) in [5.74, 6) is -2.36. The van der Waals surface area contributed by atoms with Gasteiger partial charge >= 0.3 is 5.97 Å². The first-order chi connectivity index (χ1) is 15.3. The average Bonchev–Trinajstić information content (AvgIpc) is 3.21. The Morgan fingerprint density at radius 2 is 1.62 bits per heavy atom. The van der Waals surface area contributed by atoms with E-state index in [1.807, 2.05) is 42.2 Å². The number of benzene rings is 2. The number of hydrogen-bond acceptors (Lipinski definition) is 6. The Bertz CT molecular complexity index is 1200. The van der Waals surface area contributed by atoms with Crippen molar-refractivity contribution >= 4 is 41.0 Å². The molecule has 2 aromatic carbocycles. The zero-order valence-corrected chi connectivity index (χ0v) is 17.9. The SMILES string of the molecule is CC(=O)Oc1ccc(N2C(=O)[C@H]3[C@H](C2=O)[C@@H](C(C)=O)N2c4ccc(C)cc4C=C[C@H]32)cc1. The van der Waals surface area contributed by atoms with Crippen LogP contribution in [0.4, 0.5) is 11.4 Å². The zero-order valence-electron chi connectivity index (χ0n) is 17.9. The number of imide groups is 1. The summed E-state index contributed by atoms with van der Waals surface area (Å²) in [6.07, 6.45) is 3.90. The fourth-order valence-corrected chi connectivity index (χ4v) is 5.24. The van der Waals surface area contributed by atoms with Crippen molar-refractivity contribution in [2.75, 3.05) is 9.80 Å². The second-order valence-electron chi connectivity index (χ2n) is 8.53. The molecular weight excluding hydrogens is 408 g/mol. The van der Waals surface area contributed by atoms with Gasteiger partial charge in [-0.1, -0.05) is 23.8 Å². The quantitative estimate of drug-likeness (QED) is 0.423. The Kier molecular flexibility index (Phi) is 4.51. The molecule has 2 amide bonds. The highest BCUT2D eigenvalue weighted by atomic mass is 16.5. The van der Waals surface area contributed by atoms with Crippen molar-refractivity contribution in [2.45, 2.75) is 32.9 Å². The molecule has 5 rings (SSSR count). The molecule has 2 aromatic rings. The number of fused-ring (bicyclic) bond motifs is 5. The number of amides is 2. The van der Waals surface area contributed by atoms with E-state index < -0.39 is 23.8 Å². The van der Waals surface area contributed by atoms with E-state index in [1.165, 1.54) is 18.7 Å². The highest BCUT2D eigenvalue weighted by molar-refractivity contribution is 6.24. The summed E-state index contributed by atoms with van der Waals surface area (Å²) in [6, 6.07) is 11.1. The molecule has 32 heavy (non-hydrogen) atoms. The third kappa shape index (κ3) is 2.88. The van der Waals surface area contributed by atoms with Gasteiger partial charge in [-0.25, -0.2) is 4.90 Å². The molecule has 3 aliphatic heterocycles. The summed E-state index contributed by atoms with van der Waals surface area (Å²) < 4.78 is 5.03. The number of Topliss-reactive ketones (excluding diaryl/α,β-unsaturated/α-hetero) is 1. The van der Waals surface area contributed by atoms with Gasteiger partial charge in [0.15, 0.2) is 5.78 Å². The van der Waals surface area contributed by atoms with Crippen LogP contribution in [0, 0.1) is 18.8 Å². The first kappa shape index (κ1) is 20.2. The number of ether oxygens (including phenoxy) is 1. The smallest absolute Gasteiger partial charge is 0.308 e. The highest BCUT2D eigenvalue weighted by Gasteiger charge is 2.63. The summed E-state index contributed by atoms with van der Waals surface area (Å²) in [7, 11) is 0. The third-order valence-electron chi connectivity index (χ3n) is 6.43. The molecule has 0 radical (unpaired) electrons. The minimum atomic E-state index is -0.755. The summed E-state index contributed by atoms with van der Waals surface area (Å²) in [5.41, 5.74) is 3.34. The largest absolute Gasteiger partial charge is 0.427 e. The van der Waals surface area contributed by atoms with Crippen LogP contribution in [0.2, 0.25) is 0 Å². The zero-order chi connectivity index (χ0) is 22.7. The molecule has 0 N–H and O–H groups in total. The van der Waals surface area contributed by atoms with Crippen molar-refractivity contribution in [2.24, 2.45) is 11.8 Å². The lowest BCUT2D eigenvalue weighted by Gasteiger charge is -2.36. The Labute approximate surface area is 185 Å². The molecule has 3 aliphatic rings. The average molecular weight is 430 g/mol. The molecule has 7 nitrogen and oxygen atoms in total. The van der Waals surface area contributed by atoms with Crippen molar-refractivity contribution in [1.29, 1.82) is 0 Å². The first-order valence-electron chi connectivity index (χ1n) is 10.5. The molecule has 0 saturated carbocycles. The lowest BCUT2D eigenvalue weighted by molar-refractivity contribution is -0.132. The molecule has 0 unspecified atom stereocenters. The van der Waals surface area contributed by atoms with E-state index in [-0.39, 0.29) is 23.6 Å². The maximum absolute atomic E-state index is 13.5. The molecule has 3 heterocycles. The number of aryl methyl sites for hydroxylation is 1. The molecule has 7 heteroatoms. The van der Waals surface area contributed by atoms with Gasteiger partial charge in [-0.15, -0.1) is 0 Å². The van der Waals surface area contributed by atoms with Crippen LogP contribution >= 0.6 is 0 Å². The maximum Gasteiger partial charge on any atom is 0.308 e. The number of anilines is 2. The van der Waals surface area contributed by atoms with E-state index in [2.05, 4.69) is 0 Å². The van der Waals surface area contributed by atoms with Crippen LogP contribution in [-0.2, 0) is 19.2 Å². The Morgan fingerprint density at radius 1 is 0.938 bits per heavy atom. The number of rotatable bonds is 3. The van der Waals surface area contributed by atoms with Gasteiger partial charge in [0.05, 0.1) is 23.6 Å². The first-order valence-corrected chi connectivity index (χ1v) is 10.5. The van der Waals surface area contributed by atoms with E-state index in [0.29, 0.717) is 11.4 Å². The molecule has 0 spiro atoms. The van der Waals surface area contributed by atoms with Gasteiger partial charge in [-0.2, -0.15) is 0 Å². The van der Waals surface area contributed by atoms with Gasteiger partial charge < -0.3 is 9.64 Å². The summed E-state index contributed by atoms with van der Waals surface area (Å²) in [6.45, 7) is 4.77. The van der Waals surface area contributed by atoms with Crippen LogP contribution < -0.4 is 14.5 Å². The minimum Gasteiger partial charge on any atom is -0.427 e. The molecule has 2 fully saturated rings. The predicted molar refractivity (Wildman–Crippen MR) is 118 cm³/mol. The van der Waals surface area contributed by atoms with Gasteiger partial charge in [0.2, 0.25) is 11.8 Å². The standard InChI is InChI=1S/C25H22N2O5/c1-13-4-10-19-16(12-13)5-11-20-21-22(23(14(2)28)27(19)20)25(31)26(24(21)30)17-6-8-18(9-7-17)32-15(3)29/h4-12,20-23H,1-3H3/t20-,21-,22+,23-/m1/s1. The predicted octanol–water partition coefficient (Wildman–Crippen LogP) is 2.90. The van der Waals surface area contributed by atoms with E-state index in [4.69, 9.17) is 4.74 Å². The second kappa shape index (κ2) is 7.15.